The fraction of sp³-hybridized carbons (Fsp3) is 0.333. The summed E-state index contributed by atoms with van der Waals surface area (Å²) in [6.07, 6.45) is 2.38. The maximum absolute atomic E-state index is 6.30. The highest BCUT2D eigenvalue weighted by Gasteiger charge is 2.20. The smallest absolute Gasteiger partial charge is 0.156 e. The maximum Gasteiger partial charge on any atom is 0.156 e. The molecule has 20 heavy (non-hydrogen) atoms. The number of rotatable bonds is 2. The Morgan fingerprint density at radius 1 is 1.20 bits per heavy atom. The number of aromatic nitrogens is 2. The molecule has 0 unspecified atom stereocenters. The number of aryl methyl sites for hydroxylation is 1. The molecule has 3 rings (SSSR count). The lowest BCUT2D eigenvalue weighted by Crippen LogP contribution is -2.21. The number of nitrogen functional groups attached to an aromatic ring is 1. The summed E-state index contributed by atoms with van der Waals surface area (Å²) in [5, 5.41) is 0.681. The molecule has 2 aromatic rings. The Morgan fingerprint density at radius 2 is 1.95 bits per heavy atom. The lowest BCUT2D eigenvalue weighted by molar-refractivity contribution is 0.915. The summed E-state index contributed by atoms with van der Waals surface area (Å²) in [7, 11) is 0. The first-order chi connectivity index (χ1) is 9.65. The van der Waals surface area contributed by atoms with Gasteiger partial charge in [0.1, 0.15) is 11.5 Å². The van der Waals surface area contributed by atoms with Gasteiger partial charge < -0.3 is 10.6 Å². The number of benzene rings is 1. The van der Waals surface area contributed by atoms with Crippen LogP contribution in [0, 0.1) is 6.92 Å². The van der Waals surface area contributed by atoms with Crippen molar-refractivity contribution >= 4 is 23.1 Å². The molecule has 1 fully saturated rings. The van der Waals surface area contributed by atoms with Crippen LogP contribution in [-0.2, 0) is 0 Å². The Kier molecular flexibility index (Phi) is 3.49. The lowest BCUT2D eigenvalue weighted by atomic mass is 10.1. The average Bonchev–Trinajstić information content (AvgIpc) is 2.95. The predicted molar refractivity (Wildman–Crippen MR) is 83.1 cm³/mol. The summed E-state index contributed by atoms with van der Waals surface area (Å²) in [4.78, 5) is 11.2. The summed E-state index contributed by atoms with van der Waals surface area (Å²) < 4.78 is 0. The topological polar surface area (TPSA) is 55.0 Å². The van der Waals surface area contributed by atoms with Crippen LogP contribution in [0.15, 0.2) is 24.3 Å². The van der Waals surface area contributed by atoms with Crippen molar-refractivity contribution in [2.45, 2.75) is 19.8 Å². The molecule has 1 aromatic carbocycles. The largest absolute Gasteiger partial charge is 0.394 e. The predicted octanol–water partition coefficient (Wildman–Crippen LogP) is 3.29. The third kappa shape index (κ3) is 2.43. The van der Waals surface area contributed by atoms with Crippen LogP contribution in [0.2, 0.25) is 5.02 Å². The van der Waals surface area contributed by atoms with Crippen LogP contribution in [-0.4, -0.2) is 23.1 Å². The first-order valence-corrected chi connectivity index (χ1v) is 7.18. The summed E-state index contributed by atoms with van der Waals surface area (Å²) in [5.41, 5.74) is 8.64. The normalized spacial score (nSPS) is 14.8. The number of nitrogens with two attached hydrogens (primary N) is 1. The Bertz CT molecular complexity index is 636. The van der Waals surface area contributed by atoms with Crippen molar-refractivity contribution in [3.63, 3.8) is 0 Å². The number of anilines is 2. The highest BCUT2D eigenvalue weighted by molar-refractivity contribution is 6.30. The van der Waals surface area contributed by atoms with Gasteiger partial charge in [-0.2, -0.15) is 0 Å². The van der Waals surface area contributed by atoms with Crippen molar-refractivity contribution in [1.82, 2.24) is 9.97 Å². The molecule has 0 atom stereocenters. The van der Waals surface area contributed by atoms with Gasteiger partial charge in [-0.25, -0.2) is 9.97 Å². The summed E-state index contributed by atoms with van der Waals surface area (Å²) in [5.74, 6) is 1.58. The van der Waals surface area contributed by atoms with E-state index in [4.69, 9.17) is 17.3 Å². The van der Waals surface area contributed by atoms with E-state index in [1.165, 1.54) is 12.8 Å². The zero-order valence-corrected chi connectivity index (χ0v) is 12.2. The van der Waals surface area contributed by atoms with E-state index in [1.807, 2.05) is 31.2 Å². The van der Waals surface area contributed by atoms with Crippen LogP contribution in [0.1, 0.15) is 18.7 Å². The Balaban J connectivity index is 2.11. The van der Waals surface area contributed by atoms with Crippen molar-refractivity contribution < 1.29 is 0 Å². The molecule has 2 N–H and O–H groups in total. The minimum absolute atomic E-state index is 0.639. The fourth-order valence-corrected chi connectivity index (χ4v) is 2.78. The van der Waals surface area contributed by atoms with E-state index < -0.39 is 0 Å². The molecule has 1 aliphatic rings. The highest BCUT2D eigenvalue weighted by atomic mass is 35.5. The molecule has 1 aliphatic heterocycles. The van der Waals surface area contributed by atoms with E-state index in [0.717, 1.165) is 36.0 Å². The molecule has 1 saturated heterocycles. The Morgan fingerprint density at radius 3 is 2.65 bits per heavy atom. The van der Waals surface area contributed by atoms with E-state index in [1.54, 1.807) is 0 Å². The van der Waals surface area contributed by atoms with Gasteiger partial charge in [0, 0.05) is 23.7 Å². The van der Waals surface area contributed by atoms with Gasteiger partial charge in [-0.15, -0.1) is 0 Å². The molecule has 0 amide bonds. The highest BCUT2D eigenvalue weighted by Crippen LogP contribution is 2.33. The number of nitrogens with zero attached hydrogens (tertiary/aromatic N) is 3. The lowest BCUT2D eigenvalue weighted by Gasteiger charge is -2.20. The number of hydrogen-bond acceptors (Lipinski definition) is 4. The second-order valence-corrected chi connectivity index (χ2v) is 5.50. The molecule has 0 aliphatic carbocycles. The van der Waals surface area contributed by atoms with Crippen molar-refractivity contribution in [1.29, 1.82) is 0 Å². The fourth-order valence-electron chi connectivity index (χ4n) is 2.59. The number of hydrogen-bond donors (Lipinski definition) is 1. The van der Waals surface area contributed by atoms with E-state index >= 15 is 0 Å². The van der Waals surface area contributed by atoms with Crippen LogP contribution in [0.25, 0.3) is 11.3 Å². The molecule has 2 heterocycles. The summed E-state index contributed by atoms with van der Waals surface area (Å²) in [6, 6.07) is 7.60. The van der Waals surface area contributed by atoms with Crippen molar-refractivity contribution in [2.24, 2.45) is 0 Å². The van der Waals surface area contributed by atoms with E-state index in [9.17, 15) is 0 Å². The van der Waals surface area contributed by atoms with Crippen LogP contribution in [0.3, 0.4) is 0 Å². The molecule has 0 spiro atoms. The van der Waals surface area contributed by atoms with Crippen LogP contribution >= 0.6 is 11.6 Å². The minimum atomic E-state index is 0.639. The third-order valence-corrected chi connectivity index (χ3v) is 3.78. The third-order valence-electron chi connectivity index (χ3n) is 3.54. The molecule has 4 nitrogen and oxygen atoms in total. The van der Waals surface area contributed by atoms with Crippen LogP contribution in [0.5, 0.6) is 0 Å². The van der Waals surface area contributed by atoms with Crippen molar-refractivity contribution in [3.05, 3.63) is 35.1 Å². The number of halogens is 1. The van der Waals surface area contributed by atoms with Gasteiger partial charge in [0.15, 0.2) is 5.82 Å². The molecular weight excluding hydrogens is 272 g/mol. The molecule has 1 aromatic heterocycles. The van der Waals surface area contributed by atoms with Gasteiger partial charge in [0.2, 0.25) is 0 Å². The molecule has 5 heteroatoms. The monoisotopic (exact) mass is 288 g/mol. The molecule has 104 valence electrons. The van der Waals surface area contributed by atoms with Gasteiger partial charge >= 0.3 is 0 Å². The quantitative estimate of drug-likeness (QED) is 0.921. The zero-order valence-electron chi connectivity index (χ0n) is 11.4. The average molecular weight is 289 g/mol. The van der Waals surface area contributed by atoms with E-state index in [0.29, 0.717) is 10.7 Å². The standard InChI is InChI=1S/C15H17ClN4/c1-10-18-14(11-5-4-6-12(16)9-11)13(17)15(19-10)20-7-2-3-8-20/h4-6,9H,2-3,7-8,17H2,1H3. The summed E-state index contributed by atoms with van der Waals surface area (Å²) >= 11 is 6.06. The minimum Gasteiger partial charge on any atom is -0.394 e. The molecule has 0 bridgehead atoms. The van der Waals surface area contributed by atoms with E-state index in [2.05, 4.69) is 14.9 Å². The van der Waals surface area contributed by atoms with Crippen molar-refractivity contribution in [3.8, 4) is 11.3 Å². The zero-order chi connectivity index (χ0) is 14.1. The van der Waals surface area contributed by atoms with Gasteiger partial charge in [-0.1, -0.05) is 23.7 Å². The van der Waals surface area contributed by atoms with Crippen molar-refractivity contribution in [2.75, 3.05) is 23.7 Å². The van der Waals surface area contributed by atoms with Gasteiger partial charge in [0.05, 0.1) is 5.69 Å². The molecule has 0 saturated carbocycles. The SMILES string of the molecule is Cc1nc(-c2cccc(Cl)c2)c(N)c(N2CCCC2)n1. The van der Waals surface area contributed by atoms with Crippen LogP contribution in [0.4, 0.5) is 11.5 Å². The van der Waals surface area contributed by atoms with Gasteiger partial charge in [-0.05, 0) is 31.9 Å². The molecule has 0 radical (unpaired) electrons. The first kappa shape index (κ1) is 13.2. The first-order valence-electron chi connectivity index (χ1n) is 6.80. The summed E-state index contributed by atoms with van der Waals surface area (Å²) in [6.45, 7) is 3.92. The molecular formula is C15H17ClN4. The van der Waals surface area contributed by atoms with Gasteiger partial charge in [0.25, 0.3) is 0 Å². The second kappa shape index (κ2) is 5.29. The van der Waals surface area contributed by atoms with Crippen LogP contribution < -0.4 is 10.6 Å². The van der Waals surface area contributed by atoms with Gasteiger partial charge in [-0.3, -0.25) is 0 Å². The Labute approximate surface area is 123 Å². The maximum atomic E-state index is 6.30. The Hall–Kier alpha value is -1.81. The second-order valence-electron chi connectivity index (χ2n) is 5.06. The van der Waals surface area contributed by atoms with E-state index in [-0.39, 0.29) is 0 Å².